The van der Waals surface area contributed by atoms with Gasteiger partial charge in [0.15, 0.2) is 0 Å². The van der Waals surface area contributed by atoms with E-state index in [4.69, 9.17) is 0 Å². The monoisotopic (exact) mass is 174 g/mol. The third kappa shape index (κ3) is 1.93. The van der Waals surface area contributed by atoms with Gasteiger partial charge >= 0.3 is 0 Å². The highest BCUT2D eigenvalue weighted by Crippen LogP contribution is 2.42. The molecular formula is C13H18. The minimum Gasteiger partial charge on any atom is -0.0651 e. The molecule has 1 fully saturated rings. The van der Waals surface area contributed by atoms with Crippen molar-refractivity contribution < 1.29 is 0 Å². The van der Waals surface area contributed by atoms with Crippen LogP contribution in [-0.2, 0) is 6.42 Å². The summed E-state index contributed by atoms with van der Waals surface area (Å²) in [6.45, 7) is 4.46. The van der Waals surface area contributed by atoms with Crippen LogP contribution in [-0.4, -0.2) is 0 Å². The third-order valence-electron chi connectivity index (χ3n) is 2.84. The van der Waals surface area contributed by atoms with E-state index in [9.17, 15) is 0 Å². The Balaban J connectivity index is 2.30. The van der Waals surface area contributed by atoms with Gasteiger partial charge in [0, 0.05) is 0 Å². The molecule has 0 saturated heterocycles. The Morgan fingerprint density at radius 1 is 1.31 bits per heavy atom. The smallest absolute Gasteiger partial charge is 0.0159 e. The molecule has 1 aromatic rings. The summed E-state index contributed by atoms with van der Waals surface area (Å²) in [5.74, 6) is 0.904. The highest BCUT2D eigenvalue weighted by atomic mass is 14.3. The van der Waals surface area contributed by atoms with Crippen LogP contribution in [0.1, 0.15) is 48.8 Å². The Morgan fingerprint density at radius 3 is 2.69 bits per heavy atom. The highest BCUT2D eigenvalue weighted by Gasteiger charge is 2.25. The van der Waals surface area contributed by atoms with Crippen molar-refractivity contribution in [2.75, 3.05) is 0 Å². The first-order chi connectivity index (χ1) is 6.31. The zero-order valence-corrected chi connectivity index (χ0v) is 8.64. The molecule has 0 unspecified atom stereocenters. The third-order valence-corrected chi connectivity index (χ3v) is 2.84. The van der Waals surface area contributed by atoms with E-state index in [0.29, 0.717) is 0 Å². The van der Waals surface area contributed by atoms with E-state index in [-0.39, 0.29) is 0 Å². The molecule has 0 spiro atoms. The predicted molar refractivity (Wildman–Crippen MR) is 57.1 cm³/mol. The number of hydrogen-bond acceptors (Lipinski definition) is 0. The van der Waals surface area contributed by atoms with E-state index in [0.717, 1.165) is 5.92 Å². The van der Waals surface area contributed by atoms with Crippen LogP contribution in [0.5, 0.6) is 0 Å². The lowest BCUT2D eigenvalue weighted by Crippen LogP contribution is -1.92. The SMILES string of the molecule is CCCc1ccc(C)cc1C1CC1. The zero-order valence-electron chi connectivity index (χ0n) is 8.64. The summed E-state index contributed by atoms with van der Waals surface area (Å²) < 4.78 is 0. The van der Waals surface area contributed by atoms with Gasteiger partial charge in [0.2, 0.25) is 0 Å². The Labute approximate surface area is 81.0 Å². The fraction of sp³-hybridized carbons (Fsp3) is 0.538. The first-order valence-corrected chi connectivity index (χ1v) is 5.40. The van der Waals surface area contributed by atoms with Crippen molar-refractivity contribution in [1.29, 1.82) is 0 Å². The summed E-state index contributed by atoms with van der Waals surface area (Å²) in [7, 11) is 0. The topological polar surface area (TPSA) is 0 Å². The zero-order chi connectivity index (χ0) is 9.26. The fourth-order valence-corrected chi connectivity index (χ4v) is 1.99. The molecule has 0 N–H and O–H groups in total. The molecule has 0 nitrogen and oxygen atoms in total. The number of benzene rings is 1. The molecule has 0 atom stereocenters. The van der Waals surface area contributed by atoms with Gasteiger partial charge in [-0.2, -0.15) is 0 Å². The lowest BCUT2D eigenvalue weighted by atomic mass is 9.97. The van der Waals surface area contributed by atoms with Crippen LogP contribution in [0.25, 0.3) is 0 Å². The predicted octanol–water partition coefficient (Wildman–Crippen LogP) is 3.82. The molecular weight excluding hydrogens is 156 g/mol. The normalized spacial score (nSPS) is 16.2. The Hall–Kier alpha value is -0.780. The molecule has 13 heavy (non-hydrogen) atoms. The molecule has 0 heteroatoms. The Bertz CT molecular complexity index is 295. The molecule has 0 amide bonds. The molecule has 1 saturated carbocycles. The second-order valence-electron chi connectivity index (χ2n) is 4.23. The minimum atomic E-state index is 0.904. The van der Waals surface area contributed by atoms with Crippen LogP contribution < -0.4 is 0 Å². The van der Waals surface area contributed by atoms with Gasteiger partial charge < -0.3 is 0 Å². The molecule has 1 aliphatic rings. The Morgan fingerprint density at radius 2 is 2.08 bits per heavy atom. The van der Waals surface area contributed by atoms with E-state index in [2.05, 4.69) is 32.0 Å². The maximum Gasteiger partial charge on any atom is -0.0159 e. The molecule has 2 rings (SSSR count). The number of hydrogen-bond donors (Lipinski definition) is 0. The maximum absolute atomic E-state index is 2.39. The molecule has 0 aliphatic heterocycles. The van der Waals surface area contributed by atoms with Crippen molar-refractivity contribution >= 4 is 0 Å². The van der Waals surface area contributed by atoms with Gasteiger partial charge in [0.25, 0.3) is 0 Å². The van der Waals surface area contributed by atoms with Crippen molar-refractivity contribution in [1.82, 2.24) is 0 Å². The van der Waals surface area contributed by atoms with Gasteiger partial charge in [0.1, 0.15) is 0 Å². The van der Waals surface area contributed by atoms with Crippen molar-refractivity contribution in [2.24, 2.45) is 0 Å². The van der Waals surface area contributed by atoms with Gasteiger partial charge in [-0.05, 0) is 43.2 Å². The summed E-state index contributed by atoms with van der Waals surface area (Å²) >= 11 is 0. The second-order valence-corrected chi connectivity index (χ2v) is 4.23. The van der Waals surface area contributed by atoms with Crippen LogP contribution in [0.15, 0.2) is 18.2 Å². The van der Waals surface area contributed by atoms with E-state index < -0.39 is 0 Å². The van der Waals surface area contributed by atoms with Crippen LogP contribution in [0.2, 0.25) is 0 Å². The lowest BCUT2D eigenvalue weighted by molar-refractivity contribution is 0.895. The largest absolute Gasteiger partial charge is 0.0651 e. The van der Waals surface area contributed by atoms with Crippen LogP contribution in [0.4, 0.5) is 0 Å². The van der Waals surface area contributed by atoms with E-state index in [1.165, 1.54) is 31.2 Å². The first kappa shape index (κ1) is 8.80. The second kappa shape index (κ2) is 3.53. The summed E-state index contributed by atoms with van der Waals surface area (Å²) in [5, 5.41) is 0. The molecule has 0 heterocycles. The van der Waals surface area contributed by atoms with Crippen molar-refractivity contribution in [3.05, 3.63) is 34.9 Å². The van der Waals surface area contributed by atoms with Crippen LogP contribution >= 0.6 is 0 Å². The summed E-state index contributed by atoms with van der Waals surface area (Å²) in [5.41, 5.74) is 4.65. The maximum atomic E-state index is 2.39. The van der Waals surface area contributed by atoms with Crippen molar-refractivity contribution in [3.8, 4) is 0 Å². The van der Waals surface area contributed by atoms with Gasteiger partial charge in [0.05, 0.1) is 0 Å². The van der Waals surface area contributed by atoms with Crippen molar-refractivity contribution in [2.45, 2.75) is 45.4 Å². The van der Waals surface area contributed by atoms with Gasteiger partial charge in [-0.1, -0.05) is 37.1 Å². The quantitative estimate of drug-likeness (QED) is 0.653. The van der Waals surface area contributed by atoms with E-state index >= 15 is 0 Å². The van der Waals surface area contributed by atoms with E-state index in [1.54, 1.807) is 11.1 Å². The average molecular weight is 174 g/mol. The molecule has 0 aromatic heterocycles. The van der Waals surface area contributed by atoms with Crippen molar-refractivity contribution in [3.63, 3.8) is 0 Å². The molecule has 70 valence electrons. The van der Waals surface area contributed by atoms with Crippen LogP contribution in [0, 0.1) is 6.92 Å². The lowest BCUT2D eigenvalue weighted by Gasteiger charge is -2.08. The number of aryl methyl sites for hydroxylation is 2. The van der Waals surface area contributed by atoms with Gasteiger partial charge in [-0.25, -0.2) is 0 Å². The summed E-state index contributed by atoms with van der Waals surface area (Å²) in [4.78, 5) is 0. The molecule has 1 aliphatic carbocycles. The fourth-order valence-electron chi connectivity index (χ4n) is 1.99. The summed E-state index contributed by atoms with van der Waals surface area (Å²) in [6.07, 6.45) is 5.36. The van der Waals surface area contributed by atoms with E-state index in [1.807, 2.05) is 0 Å². The molecule has 0 bridgehead atoms. The Kier molecular flexibility index (Phi) is 2.39. The van der Waals surface area contributed by atoms with Gasteiger partial charge in [-0.15, -0.1) is 0 Å². The van der Waals surface area contributed by atoms with Gasteiger partial charge in [-0.3, -0.25) is 0 Å². The van der Waals surface area contributed by atoms with Crippen LogP contribution in [0.3, 0.4) is 0 Å². The standard InChI is InChI=1S/C13H18/c1-3-4-11-6-5-10(2)9-13(11)12-7-8-12/h5-6,9,12H,3-4,7-8H2,1-2H3. The first-order valence-electron chi connectivity index (χ1n) is 5.40. The molecule has 0 radical (unpaired) electrons. The number of rotatable bonds is 3. The molecule has 1 aromatic carbocycles. The average Bonchev–Trinajstić information content (AvgIpc) is 2.91. The minimum absolute atomic E-state index is 0.904. The summed E-state index contributed by atoms with van der Waals surface area (Å²) in [6, 6.07) is 6.96. The highest BCUT2D eigenvalue weighted by molar-refractivity contribution is 5.36.